The van der Waals surface area contributed by atoms with Crippen LogP contribution in [-0.2, 0) is 0 Å². The van der Waals surface area contributed by atoms with Gasteiger partial charge < -0.3 is 20.1 Å². The van der Waals surface area contributed by atoms with Crippen molar-refractivity contribution in [1.82, 2.24) is 15.3 Å². The summed E-state index contributed by atoms with van der Waals surface area (Å²) >= 11 is 0. The number of para-hydroxylation sites is 1. The van der Waals surface area contributed by atoms with Crippen molar-refractivity contribution in [3.8, 4) is 17.6 Å². The first kappa shape index (κ1) is 19.6. The molecule has 1 aromatic heterocycles. The lowest BCUT2D eigenvalue weighted by atomic mass is 10.2. The van der Waals surface area contributed by atoms with E-state index < -0.39 is 0 Å². The van der Waals surface area contributed by atoms with Crippen molar-refractivity contribution in [1.29, 1.82) is 5.26 Å². The number of carbonyl (C=O) groups excluding carboxylic acids is 1. The molecule has 29 heavy (non-hydrogen) atoms. The summed E-state index contributed by atoms with van der Waals surface area (Å²) in [6, 6.07) is 17.8. The van der Waals surface area contributed by atoms with E-state index in [1.165, 1.54) is 12.4 Å². The van der Waals surface area contributed by atoms with Gasteiger partial charge in [-0.15, -0.1) is 0 Å². The second kappa shape index (κ2) is 9.71. The van der Waals surface area contributed by atoms with Gasteiger partial charge in [0.15, 0.2) is 0 Å². The molecule has 0 unspecified atom stereocenters. The van der Waals surface area contributed by atoms with Gasteiger partial charge in [-0.2, -0.15) is 5.26 Å². The molecule has 2 N–H and O–H groups in total. The molecule has 0 spiro atoms. The maximum absolute atomic E-state index is 12.3. The second-order valence-corrected chi connectivity index (χ2v) is 5.85. The van der Waals surface area contributed by atoms with Gasteiger partial charge in [0.25, 0.3) is 5.91 Å². The van der Waals surface area contributed by atoms with Crippen molar-refractivity contribution in [2.24, 2.45) is 0 Å². The molecule has 0 bridgehead atoms. The lowest BCUT2D eigenvalue weighted by Crippen LogP contribution is -2.28. The maximum atomic E-state index is 12.3. The van der Waals surface area contributed by atoms with Crippen molar-refractivity contribution in [2.45, 2.75) is 0 Å². The topological polar surface area (TPSA) is 109 Å². The molecule has 8 nitrogen and oxygen atoms in total. The number of anilines is 2. The number of aromatic nitrogens is 2. The van der Waals surface area contributed by atoms with E-state index in [4.69, 9.17) is 14.7 Å². The van der Waals surface area contributed by atoms with E-state index in [0.717, 1.165) is 5.75 Å². The number of benzene rings is 2. The highest BCUT2D eigenvalue weighted by molar-refractivity contribution is 5.93. The van der Waals surface area contributed by atoms with Crippen molar-refractivity contribution in [3.05, 3.63) is 72.2 Å². The minimum atomic E-state index is -0.345. The zero-order valence-corrected chi connectivity index (χ0v) is 15.8. The van der Waals surface area contributed by atoms with E-state index in [0.29, 0.717) is 36.0 Å². The molecule has 2 aromatic carbocycles. The number of amides is 1. The Morgan fingerprint density at radius 3 is 2.62 bits per heavy atom. The molecule has 8 heteroatoms. The highest BCUT2D eigenvalue weighted by Crippen LogP contribution is 2.19. The van der Waals surface area contributed by atoms with Crippen LogP contribution in [-0.4, -0.2) is 36.1 Å². The van der Waals surface area contributed by atoms with Gasteiger partial charge in [-0.1, -0.05) is 12.1 Å². The molecule has 0 aliphatic heterocycles. The van der Waals surface area contributed by atoms with Gasteiger partial charge in [-0.25, -0.2) is 9.97 Å². The predicted molar refractivity (Wildman–Crippen MR) is 107 cm³/mol. The molecule has 0 aliphatic carbocycles. The predicted octanol–water partition coefficient (Wildman–Crippen LogP) is 2.91. The van der Waals surface area contributed by atoms with Crippen LogP contribution in [0.4, 0.5) is 11.5 Å². The first-order valence-corrected chi connectivity index (χ1v) is 8.83. The SMILES string of the molecule is COc1ccc(OCCNC(=O)c2cc(Nc3ccccc3C#N)ncn2)cc1. The summed E-state index contributed by atoms with van der Waals surface area (Å²) in [7, 11) is 1.60. The zero-order valence-electron chi connectivity index (χ0n) is 15.8. The van der Waals surface area contributed by atoms with E-state index in [2.05, 4.69) is 26.7 Å². The van der Waals surface area contributed by atoms with Crippen molar-refractivity contribution in [2.75, 3.05) is 25.6 Å². The van der Waals surface area contributed by atoms with E-state index in [1.54, 1.807) is 55.6 Å². The molecule has 0 saturated heterocycles. The fourth-order valence-electron chi connectivity index (χ4n) is 2.47. The van der Waals surface area contributed by atoms with Crippen LogP contribution < -0.4 is 20.1 Å². The molecule has 0 aliphatic rings. The maximum Gasteiger partial charge on any atom is 0.270 e. The Kier molecular flexibility index (Phi) is 6.58. The van der Waals surface area contributed by atoms with Gasteiger partial charge in [-0.3, -0.25) is 4.79 Å². The monoisotopic (exact) mass is 389 g/mol. The van der Waals surface area contributed by atoms with E-state index in [9.17, 15) is 4.79 Å². The van der Waals surface area contributed by atoms with Gasteiger partial charge in [0.2, 0.25) is 0 Å². The van der Waals surface area contributed by atoms with Gasteiger partial charge in [-0.05, 0) is 36.4 Å². The standard InChI is InChI=1S/C21H19N5O3/c1-28-16-6-8-17(9-7-16)29-11-10-23-21(27)19-12-20(25-14-24-19)26-18-5-3-2-4-15(18)13-22/h2-9,12,14H,10-11H2,1H3,(H,23,27)(H,24,25,26). The normalized spacial score (nSPS) is 9.93. The number of nitrogens with one attached hydrogen (secondary N) is 2. The average molecular weight is 389 g/mol. The van der Waals surface area contributed by atoms with Gasteiger partial charge >= 0.3 is 0 Å². The highest BCUT2D eigenvalue weighted by Gasteiger charge is 2.09. The molecule has 0 fully saturated rings. The highest BCUT2D eigenvalue weighted by atomic mass is 16.5. The molecule has 0 atom stereocenters. The van der Waals surface area contributed by atoms with Crippen LogP contribution in [0.1, 0.15) is 16.1 Å². The number of rotatable bonds is 8. The second-order valence-electron chi connectivity index (χ2n) is 5.85. The Morgan fingerprint density at radius 1 is 1.10 bits per heavy atom. The summed E-state index contributed by atoms with van der Waals surface area (Å²) in [5.41, 5.74) is 1.29. The molecule has 0 saturated carbocycles. The lowest BCUT2D eigenvalue weighted by Gasteiger charge is -2.09. The van der Waals surface area contributed by atoms with Crippen molar-refractivity contribution in [3.63, 3.8) is 0 Å². The summed E-state index contributed by atoms with van der Waals surface area (Å²) in [4.78, 5) is 20.4. The average Bonchev–Trinajstić information content (AvgIpc) is 2.77. The van der Waals surface area contributed by atoms with Crippen LogP contribution in [0.15, 0.2) is 60.9 Å². The first-order chi connectivity index (χ1) is 14.2. The van der Waals surface area contributed by atoms with Gasteiger partial charge in [0, 0.05) is 6.07 Å². The van der Waals surface area contributed by atoms with E-state index >= 15 is 0 Å². The molecule has 1 amide bonds. The fourth-order valence-corrected chi connectivity index (χ4v) is 2.47. The Balaban J connectivity index is 1.53. The van der Waals surface area contributed by atoms with Crippen LogP contribution in [0.5, 0.6) is 11.5 Å². The third-order valence-corrected chi connectivity index (χ3v) is 3.93. The third kappa shape index (κ3) is 5.43. The summed E-state index contributed by atoms with van der Waals surface area (Å²) in [6.07, 6.45) is 1.29. The van der Waals surface area contributed by atoms with Crippen LogP contribution in [0.2, 0.25) is 0 Å². The summed E-state index contributed by atoms with van der Waals surface area (Å²) in [5.74, 6) is 1.51. The fraction of sp³-hybridized carbons (Fsp3) is 0.143. The summed E-state index contributed by atoms with van der Waals surface area (Å²) in [5, 5.41) is 14.9. The molecule has 0 radical (unpaired) electrons. The molecule has 146 valence electrons. The van der Waals surface area contributed by atoms with Crippen LogP contribution in [0.25, 0.3) is 0 Å². The molecule has 1 heterocycles. The number of hydrogen-bond acceptors (Lipinski definition) is 7. The molecular weight excluding hydrogens is 370 g/mol. The Bertz CT molecular complexity index is 1020. The molecular formula is C21H19N5O3. The zero-order chi connectivity index (χ0) is 20.5. The number of methoxy groups -OCH3 is 1. The van der Waals surface area contributed by atoms with E-state index in [1.807, 2.05) is 0 Å². The minimum absolute atomic E-state index is 0.210. The first-order valence-electron chi connectivity index (χ1n) is 8.83. The largest absolute Gasteiger partial charge is 0.497 e. The third-order valence-electron chi connectivity index (χ3n) is 3.93. The van der Waals surface area contributed by atoms with Gasteiger partial charge in [0.1, 0.15) is 42.0 Å². The van der Waals surface area contributed by atoms with Gasteiger partial charge in [0.05, 0.1) is 24.9 Å². The Morgan fingerprint density at radius 2 is 1.86 bits per heavy atom. The number of ether oxygens (including phenoxy) is 2. The Hall–Kier alpha value is -4.12. The smallest absolute Gasteiger partial charge is 0.270 e. The summed E-state index contributed by atoms with van der Waals surface area (Å²) < 4.78 is 10.7. The van der Waals surface area contributed by atoms with E-state index in [-0.39, 0.29) is 11.6 Å². The summed E-state index contributed by atoms with van der Waals surface area (Å²) in [6.45, 7) is 0.624. The van der Waals surface area contributed by atoms with Crippen LogP contribution in [0.3, 0.4) is 0 Å². The number of nitriles is 1. The van der Waals surface area contributed by atoms with Crippen LogP contribution >= 0.6 is 0 Å². The lowest BCUT2D eigenvalue weighted by molar-refractivity contribution is 0.0942. The number of hydrogen-bond donors (Lipinski definition) is 2. The minimum Gasteiger partial charge on any atom is -0.497 e. The quantitative estimate of drug-likeness (QED) is 0.570. The Labute approximate surface area is 168 Å². The molecule has 3 aromatic rings. The number of carbonyl (C=O) groups is 1. The molecule has 3 rings (SSSR count). The number of nitrogens with zero attached hydrogens (tertiary/aromatic N) is 3. The van der Waals surface area contributed by atoms with Crippen LogP contribution in [0, 0.1) is 11.3 Å². The van der Waals surface area contributed by atoms with Crippen molar-refractivity contribution < 1.29 is 14.3 Å². The van der Waals surface area contributed by atoms with Crippen molar-refractivity contribution >= 4 is 17.4 Å².